The summed E-state index contributed by atoms with van der Waals surface area (Å²) < 4.78 is 1.04. The van der Waals surface area contributed by atoms with Crippen molar-refractivity contribution in [2.75, 3.05) is 10.6 Å². The van der Waals surface area contributed by atoms with Crippen molar-refractivity contribution < 1.29 is 9.59 Å². The smallest absolute Gasteiger partial charge is 0.267 e. The van der Waals surface area contributed by atoms with Crippen molar-refractivity contribution in [3.8, 4) is 0 Å². The number of anilines is 2. The average molecular weight is 415 g/mol. The zero-order chi connectivity index (χ0) is 18.8. The Balaban J connectivity index is 1.38. The molecule has 136 valence electrons. The molecule has 1 aromatic carbocycles. The van der Waals surface area contributed by atoms with E-state index >= 15 is 0 Å². The fraction of sp³-hybridized carbons (Fsp3) is 0.111. The highest BCUT2D eigenvalue weighted by Crippen LogP contribution is 2.27. The van der Waals surface area contributed by atoms with Crippen molar-refractivity contribution in [2.24, 2.45) is 0 Å². The molecule has 0 aliphatic rings. The molecule has 4 rings (SSSR count). The zero-order valence-corrected chi connectivity index (χ0v) is 16.6. The van der Waals surface area contributed by atoms with Crippen molar-refractivity contribution in [3.05, 3.63) is 57.2 Å². The van der Waals surface area contributed by atoms with Crippen LogP contribution >= 0.6 is 34.0 Å². The number of hydrogen-bond acceptors (Lipinski definition) is 7. The van der Waals surface area contributed by atoms with Crippen LogP contribution in [0, 0.1) is 6.92 Å². The molecule has 0 aliphatic carbocycles. The monoisotopic (exact) mass is 414 g/mol. The normalized spacial score (nSPS) is 10.9. The molecule has 0 saturated heterocycles. The molecule has 0 saturated carbocycles. The molecule has 27 heavy (non-hydrogen) atoms. The predicted octanol–water partition coefficient (Wildman–Crippen LogP) is 4.56. The predicted molar refractivity (Wildman–Crippen MR) is 111 cm³/mol. The minimum atomic E-state index is -0.194. The van der Waals surface area contributed by atoms with Crippen molar-refractivity contribution in [1.82, 2.24) is 9.97 Å². The number of carbonyl (C=O) groups excluding carboxylic acids is 2. The third kappa shape index (κ3) is 4.21. The second kappa shape index (κ2) is 7.55. The van der Waals surface area contributed by atoms with Crippen LogP contribution in [0.2, 0.25) is 0 Å². The maximum atomic E-state index is 12.3. The molecule has 0 unspecified atom stereocenters. The Morgan fingerprint density at radius 2 is 1.96 bits per heavy atom. The van der Waals surface area contributed by atoms with Crippen LogP contribution in [-0.4, -0.2) is 21.8 Å². The molecule has 0 aliphatic heterocycles. The number of aromatic nitrogens is 2. The van der Waals surface area contributed by atoms with Gasteiger partial charge < -0.3 is 5.32 Å². The van der Waals surface area contributed by atoms with Gasteiger partial charge in [-0.1, -0.05) is 23.5 Å². The first-order valence-corrected chi connectivity index (χ1v) is 10.6. The molecule has 6 nitrogen and oxygen atoms in total. The van der Waals surface area contributed by atoms with Gasteiger partial charge in [0.25, 0.3) is 5.91 Å². The van der Waals surface area contributed by atoms with Gasteiger partial charge in [-0.15, -0.1) is 22.7 Å². The van der Waals surface area contributed by atoms with Crippen molar-refractivity contribution in [2.45, 2.75) is 13.3 Å². The van der Waals surface area contributed by atoms with Gasteiger partial charge in [0, 0.05) is 5.38 Å². The number of carbonyl (C=O) groups is 2. The number of thiazole rings is 2. The first kappa shape index (κ1) is 17.8. The summed E-state index contributed by atoms with van der Waals surface area (Å²) in [6.45, 7) is 2.02. The van der Waals surface area contributed by atoms with E-state index in [1.165, 1.54) is 34.0 Å². The molecule has 0 spiro atoms. The molecule has 0 radical (unpaired) electrons. The van der Waals surface area contributed by atoms with Gasteiger partial charge in [-0.2, -0.15) is 0 Å². The van der Waals surface area contributed by atoms with E-state index in [2.05, 4.69) is 20.6 Å². The van der Waals surface area contributed by atoms with E-state index in [0.29, 0.717) is 20.8 Å². The van der Waals surface area contributed by atoms with Gasteiger partial charge in [0.1, 0.15) is 0 Å². The van der Waals surface area contributed by atoms with E-state index in [0.717, 1.165) is 15.8 Å². The van der Waals surface area contributed by atoms with Crippen molar-refractivity contribution in [3.63, 3.8) is 0 Å². The Hall–Kier alpha value is -2.62. The number of amides is 2. The second-order valence-corrected chi connectivity index (χ2v) is 8.63. The molecule has 2 amide bonds. The van der Waals surface area contributed by atoms with Gasteiger partial charge in [-0.3, -0.25) is 14.9 Å². The number of nitrogens with one attached hydrogen (secondary N) is 2. The maximum absolute atomic E-state index is 12.3. The maximum Gasteiger partial charge on any atom is 0.267 e. The largest absolute Gasteiger partial charge is 0.302 e. The number of nitrogens with zero attached hydrogens (tertiary/aromatic N) is 2. The van der Waals surface area contributed by atoms with E-state index in [-0.39, 0.29) is 18.2 Å². The van der Waals surface area contributed by atoms with E-state index < -0.39 is 0 Å². The average Bonchev–Trinajstić information content (AvgIpc) is 3.35. The third-order valence-electron chi connectivity index (χ3n) is 3.65. The highest BCUT2D eigenvalue weighted by atomic mass is 32.1. The van der Waals surface area contributed by atoms with Crippen LogP contribution in [-0.2, 0) is 11.2 Å². The summed E-state index contributed by atoms with van der Waals surface area (Å²) in [6, 6.07) is 9.56. The molecule has 0 fully saturated rings. The third-order valence-corrected chi connectivity index (χ3v) is 6.26. The summed E-state index contributed by atoms with van der Waals surface area (Å²) in [6.07, 6.45) is 0.125. The van der Waals surface area contributed by atoms with Crippen LogP contribution < -0.4 is 10.6 Å². The van der Waals surface area contributed by atoms with Crippen LogP contribution in [0.5, 0.6) is 0 Å². The lowest BCUT2D eigenvalue weighted by atomic mass is 10.2. The number of benzene rings is 1. The topological polar surface area (TPSA) is 84.0 Å². The highest BCUT2D eigenvalue weighted by Gasteiger charge is 2.13. The Labute approximate surface area is 166 Å². The van der Waals surface area contributed by atoms with Crippen molar-refractivity contribution in [1.29, 1.82) is 0 Å². The Bertz CT molecular complexity index is 1120. The lowest BCUT2D eigenvalue weighted by molar-refractivity contribution is -0.115. The molecule has 3 aromatic heterocycles. The van der Waals surface area contributed by atoms with Crippen LogP contribution in [0.4, 0.5) is 10.3 Å². The summed E-state index contributed by atoms with van der Waals surface area (Å²) in [5, 5.41) is 10.2. The zero-order valence-electron chi connectivity index (χ0n) is 14.2. The Kier molecular flexibility index (Phi) is 4.97. The molecule has 0 atom stereocenters. The summed E-state index contributed by atoms with van der Waals surface area (Å²) in [5.41, 5.74) is 2.63. The van der Waals surface area contributed by atoms with E-state index in [9.17, 15) is 9.59 Å². The van der Waals surface area contributed by atoms with Crippen LogP contribution in [0.25, 0.3) is 10.2 Å². The fourth-order valence-electron chi connectivity index (χ4n) is 2.43. The molecule has 2 N–H and O–H groups in total. The van der Waals surface area contributed by atoms with Crippen LogP contribution in [0.3, 0.4) is 0 Å². The van der Waals surface area contributed by atoms with E-state index in [1.807, 2.05) is 36.6 Å². The first-order chi connectivity index (χ1) is 13.1. The first-order valence-electron chi connectivity index (χ1n) is 8.03. The van der Waals surface area contributed by atoms with Gasteiger partial charge in [0.2, 0.25) is 5.91 Å². The molecule has 9 heteroatoms. The van der Waals surface area contributed by atoms with E-state index in [4.69, 9.17) is 0 Å². The number of fused-ring (bicyclic) bond motifs is 1. The van der Waals surface area contributed by atoms with Gasteiger partial charge in [-0.25, -0.2) is 9.97 Å². The lowest BCUT2D eigenvalue weighted by Gasteiger charge is -1.99. The van der Waals surface area contributed by atoms with Gasteiger partial charge in [0.05, 0.1) is 27.2 Å². The standard InChI is InChI=1S/C18H14N4O2S3/c1-10-4-5-12-14(7-10)27-18(20-12)21-15(23)8-11-9-26-17(19-11)22-16(24)13-3-2-6-25-13/h2-7,9H,8H2,1H3,(H,19,22,24)(H,20,21,23). The number of rotatable bonds is 5. The van der Waals surface area contributed by atoms with Crippen LogP contribution in [0.1, 0.15) is 20.9 Å². The molecular formula is C18H14N4O2S3. The van der Waals surface area contributed by atoms with Gasteiger partial charge in [0.15, 0.2) is 10.3 Å². The summed E-state index contributed by atoms with van der Waals surface area (Å²) in [4.78, 5) is 33.7. The van der Waals surface area contributed by atoms with Crippen molar-refractivity contribution >= 4 is 66.3 Å². The minimum Gasteiger partial charge on any atom is -0.302 e. The molecule has 4 aromatic rings. The molecular weight excluding hydrogens is 400 g/mol. The quantitative estimate of drug-likeness (QED) is 0.502. The lowest BCUT2D eigenvalue weighted by Crippen LogP contribution is -2.14. The SMILES string of the molecule is Cc1ccc2nc(NC(=O)Cc3csc(NC(=O)c4cccs4)n3)sc2c1. The minimum absolute atomic E-state index is 0.125. The number of hydrogen-bond donors (Lipinski definition) is 2. The van der Waals surface area contributed by atoms with Crippen LogP contribution in [0.15, 0.2) is 41.1 Å². The summed E-state index contributed by atoms with van der Waals surface area (Å²) >= 11 is 4.11. The summed E-state index contributed by atoms with van der Waals surface area (Å²) in [5.74, 6) is -0.382. The molecule has 3 heterocycles. The van der Waals surface area contributed by atoms with E-state index in [1.54, 1.807) is 11.4 Å². The van der Waals surface area contributed by atoms with Gasteiger partial charge in [-0.05, 0) is 36.1 Å². The Morgan fingerprint density at radius 1 is 1.07 bits per heavy atom. The molecule has 0 bridgehead atoms. The summed E-state index contributed by atoms with van der Waals surface area (Å²) in [7, 11) is 0. The van der Waals surface area contributed by atoms with Gasteiger partial charge >= 0.3 is 0 Å². The number of aryl methyl sites for hydroxylation is 1. The Morgan fingerprint density at radius 3 is 2.78 bits per heavy atom. The second-order valence-electron chi connectivity index (χ2n) is 5.79. The highest BCUT2D eigenvalue weighted by molar-refractivity contribution is 7.22. The fourth-order valence-corrected chi connectivity index (χ4v) is 4.73. The number of thiophene rings is 1.